The van der Waals surface area contributed by atoms with Crippen LogP contribution in [0.3, 0.4) is 0 Å². The summed E-state index contributed by atoms with van der Waals surface area (Å²) in [4.78, 5) is 24.4. The van der Waals surface area contributed by atoms with E-state index >= 15 is 0 Å². The van der Waals surface area contributed by atoms with E-state index in [1.165, 1.54) is 0 Å². The standard InChI is InChI=1S/C24H21N3O2/c1-16-14-19-15-18(9-10-22(19)29-16)24(28)27-13-5-8-21(27)20-11-12-25-23(26-20)17-6-3-2-4-7-17/h2-4,6-7,9-12,14-15,21H,5,8,13H2,1H3/t21-/m0/s1. The fourth-order valence-electron chi connectivity index (χ4n) is 4.08. The van der Waals surface area contributed by atoms with Gasteiger partial charge in [-0.2, -0.15) is 0 Å². The van der Waals surface area contributed by atoms with Crippen molar-refractivity contribution in [1.82, 2.24) is 14.9 Å². The number of likely N-dealkylation sites (tertiary alicyclic amines) is 1. The molecule has 1 fully saturated rings. The Balaban J connectivity index is 1.46. The maximum atomic E-state index is 13.3. The molecule has 0 saturated carbocycles. The van der Waals surface area contributed by atoms with Crippen molar-refractivity contribution in [2.24, 2.45) is 0 Å². The number of carbonyl (C=O) groups excluding carboxylic acids is 1. The fourth-order valence-corrected chi connectivity index (χ4v) is 4.08. The Morgan fingerprint density at radius 1 is 1.10 bits per heavy atom. The molecule has 2 aromatic carbocycles. The molecule has 0 aliphatic carbocycles. The Kier molecular flexibility index (Phi) is 4.35. The molecule has 5 heteroatoms. The summed E-state index contributed by atoms with van der Waals surface area (Å²) in [7, 11) is 0. The molecule has 3 heterocycles. The highest BCUT2D eigenvalue weighted by molar-refractivity contribution is 5.98. The first-order valence-corrected chi connectivity index (χ1v) is 9.88. The van der Waals surface area contributed by atoms with E-state index < -0.39 is 0 Å². The molecule has 0 bridgehead atoms. The topological polar surface area (TPSA) is 59.2 Å². The van der Waals surface area contributed by atoms with Gasteiger partial charge >= 0.3 is 0 Å². The maximum Gasteiger partial charge on any atom is 0.254 e. The van der Waals surface area contributed by atoms with E-state index in [0.29, 0.717) is 11.4 Å². The van der Waals surface area contributed by atoms with Crippen LogP contribution in [0.5, 0.6) is 0 Å². The molecule has 1 aliphatic rings. The number of hydrogen-bond donors (Lipinski definition) is 0. The van der Waals surface area contributed by atoms with E-state index in [2.05, 4.69) is 4.98 Å². The summed E-state index contributed by atoms with van der Waals surface area (Å²) in [5.74, 6) is 1.57. The van der Waals surface area contributed by atoms with Crippen LogP contribution in [0.4, 0.5) is 0 Å². The number of carbonyl (C=O) groups is 1. The molecule has 1 amide bonds. The van der Waals surface area contributed by atoms with Crippen LogP contribution < -0.4 is 0 Å². The number of hydrogen-bond acceptors (Lipinski definition) is 4. The fraction of sp³-hybridized carbons (Fsp3) is 0.208. The van der Waals surface area contributed by atoms with Crippen LogP contribution >= 0.6 is 0 Å². The van der Waals surface area contributed by atoms with E-state index in [9.17, 15) is 4.79 Å². The van der Waals surface area contributed by atoms with Crippen LogP contribution in [0.2, 0.25) is 0 Å². The molecular weight excluding hydrogens is 362 g/mol. The lowest BCUT2D eigenvalue weighted by Crippen LogP contribution is -2.31. The molecule has 1 saturated heterocycles. The molecule has 0 spiro atoms. The number of nitrogens with zero attached hydrogens (tertiary/aromatic N) is 3. The molecule has 2 aromatic heterocycles. The van der Waals surface area contributed by atoms with Gasteiger partial charge in [0.15, 0.2) is 5.82 Å². The molecule has 0 N–H and O–H groups in total. The number of aromatic nitrogens is 2. The minimum absolute atomic E-state index is 0.0326. The smallest absolute Gasteiger partial charge is 0.254 e. The van der Waals surface area contributed by atoms with Gasteiger partial charge in [-0.1, -0.05) is 30.3 Å². The lowest BCUT2D eigenvalue weighted by molar-refractivity contribution is 0.0733. The maximum absolute atomic E-state index is 13.3. The summed E-state index contributed by atoms with van der Waals surface area (Å²) in [6, 6.07) is 19.4. The van der Waals surface area contributed by atoms with Crippen molar-refractivity contribution >= 4 is 16.9 Å². The molecule has 5 nitrogen and oxygen atoms in total. The van der Waals surface area contributed by atoms with Gasteiger partial charge < -0.3 is 9.32 Å². The molecule has 1 aliphatic heterocycles. The number of amides is 1. The van der Waals surface area contributed by atoms with Crippen molar-refractivity contribution in [2.75, 3.05) is 6.54 Å². The monoisotopic (exact) mass is 383 g/mol. The number of aryl methyl sites for hydroxylation is 1. The highest BCUT2D eigenvalue weighted by Gasteiger charge is 2.32. The Bertz CT molecular complexity index is 1180. The van der Waals surface area contributed by atoms with Gasteiger partial charge in [-0.15, -0.1) is 0 Å². The van der Waals surface area contributed by atoms with Crippen molar-refractivity contribution < 1.29 is 9.21 Å². The zero-order valence-corrected chi connectivity index (χ0v) is 16.2. The minimum atomic E-state index is -0.0326. The molecule has 5 rings (SSSR count). The van der Waals surface area contributed by atoms with Crippen LogP contribution in [0.25, 0.3) is 22.4 Å². The Hall–Kier alpha value is -3.47. The van der Waals surface area contributed by atoms with Crippen molar-refractivity contribution in [3.8, 4) is 11.4 Å². The van der Waals surface area contributed by atoms with Crippen molar-refractivity contribution in [1.29, 1.82) is 0 Å². The molecular formula is C24H21N3O2. The SMILES string of the molecule is Cc1cc2cc(C(=O)N3CCC[C@H]3c3ccnc(-c4ccccc4)n3)ccc2o1. The number of fused-ring (bicyclic) bond motifs is 1. The van der Waals surface area contributed by atoms with Crippen LogP contribution in [-0.2, 0) is 0 Å². The van der Waals surface area contributed by atoms with Gasteiger partial charge in [0, 0.05) is 29.3 Å². The van der Waals surface area contributed by atoms with E-state index in [-0.39, 0.29) is 11.9 Å². The Morgan fingerprint density at radius 2 is 1.97 bits per heavy atom. The summed E-state index contributed by atoms with van der Waals surface area (Å²) >= 11 is 0. The quantitative estimate of drug-likeness (QED) is 0.489. The number of benzene rings is 2. The van der Waals surface area contributed by atoms with Gasteiger partial charge in [0.25, 0.3) is 5.91 Å². The number of rotatable bonds is 3. The van der Waals surface area contributed by atoms with Gasteiger partial charge in [0.05, 0.1) is 11.7 Å². The number of furan rings is 1. The lowest BCUT2D eigenvalue weighted by Gasteiger charge is -2.24. The average Bonchev–Trinajstić information content (AvgIpc) is 3.39. The molecule has 0 radical (unpaired) electrons. The van der Waals surface area contributed by atoms with Gasteiger partial charge in [0.1, 0.15) is 11.3 Å². The average molecular weight is 383 g/mol. The van der Waals surface area contributed by atoms with E-state index in [4.69, 9.17) is 9.40 Å². The van der Waals surface area contributed by atoms with E-state index in [1.807, 2.05) is 72.5 Å². The van der Waals surface area contributed by atoms with Crippen LogP contribution in [-0.4, -0.2) is 27.3 Å². The second kappa shape index (κ2) is 7.17. The Labute approximate surface area is 169 Å². The highest BCUT2D eigenvalue weighted by Crippen LogP contribution is 2.33. The largest absolute Gasteiger partial charge is 0.461 e. The van der Waals surface area contributed by atoms with Crippen LogP contribution in [0.15, 0.2) is 71.3 Å². The molecule has 1 atom stereocenters. The van der Waals surface area contributed by atoms with Crippen molar-refractivity contribution in [3.05, 3.63) is 83.9 Å². The summed E-state index contributed by atoms with van der Waals surface area (Å²) in [6.45, 7) is 2.65. The second-order valence-corrected chi connectivity index (χ2v) is 7.44. The summed E-state index contributed by atoms with van der Waals surface area (Å²) < 4.78 is 5.63. The minimum Gasteiger partial charge on any atom is -0.461 e. The van der Waals surface area contributed by atoms with Gasteiger partial charge in [-0.25, -0.2) is 9.97 Å². The molecule has 0 unspecified atom stereocenters. The van der Waals surface area contributed by atoms with Gasteiger partial charge in [0.2, 0.25) is 0 Å². The molecule has 4 aromatic rings. The van der Waals surface area contributed by atoms with Crippen molar-refractivity contribution in [3.63, 3.8) is 0 Å². The molecule has 29 heavy (non-hydrogen) atoms. The van der Waals surface area contributed by atoms with E-state index in [1.54, 1.807) is 6.20 Å². The normalized spacial score (nSPS) is 16.4. The summed E-state index contributed by atoms with van der Waals surface area (Å²) in [5, 5.41) is 0.956. The second-order valence-electron chi connectivity index (χ2n) is 7.44. The third-order valence-corrected chi connectivity index (χ3v) is 5.45. The van der Waals surface area contributed by atoms with Crippen LogP contribution in [0, 0.1) is 6.92 Å². The zero-order valence-electron chi connectivity index (χ0n) is 16.2. The predicted octanol–water partition coefficient (Wildman–Crippen LogP) is 5.18. The summed E-state index contributed by atoms with van der Waals surface area (Å²) in [5.41, 5.74) is 3.36. The Morgan fingerprint density at radius 3 is 2.83 bits per heavy atom. The first-order valence-electron chi connectivity index (χ1n) is 9.88. The predicted molar refractivity (Wildman–Crippen MR) is 111 cm³/mol. The molecule has 144 valence electrons. The van der Waals surface area contributed by atoms with Crippen molar-refractivity contribution in [2.45, 2.75) is 25.8 Å². The first-order chi connectivity index (χ1) is 14.2. The first kappa shape index (κ1) is 17.6. The third-order valence-electron chi connectivity index (χ3n) is 5.45. The van der Waals surface area contributed by atoms with Gasteiger partial charge in [-0.3, -0.25) is 4.79 Å². The van der Waals surface area contributed by atoms with Crippen LogP contribution in [0.1, 0.15) is 40.7 Å². The van der Waals surface area contributed by atoms with E-state index in [0.717, 1.165) is 47.4 Å². The van der Waals surface area contributed by atoms with Gasteiger partial charge in [-0.05, 0) is 50.1 Å². The lowest BCUT2D eigenvalue weighted by atomic mass is 10.1. The third kappa shape index (κ3) is 3.29. The summed E-state index contributed by atoms with van der Waals surface area (Å²) in [6.07, 6.45) is 3.66. The zero-order chi connectivity index (χ0) is 19.8. The highest BCUT2D eigenvalue weighted by atomic mass is 16.3.